The minimum absolute atomic E-state index is 0.159. The Morgan fingerprint density at radius 2 is 1.65 bits per heavy atom. The molecule has 2 aromatic rings. The second-order valence-electron chi connectivity index (χ2n) is 10.6. The second-order valence-corrected chi connectivity index (χ2v) is 10.6. The van der Waals surface area contributed by atoms with Gasteiger partial charge in [0, 0.05) is 0 Å². The maximum absolute atomic E-state index is 15.0. The SMILES string of the molecule is CCCCCCCC1CC[C@@H]2CC(c3cc(F)c4c(F)c(C(=O)OC)c(F)cc4c3)CC[C@H]2C1. The molecule has 2 unspecified atom stereocenters. The van der Waals surface area contributed by atoms with Gasteiger partial charge in [-0.25, -0.2) is 18.0 Å². The van der Waals surface area contributed by atoms with Crippen LogP contribution in [0.15, 0.2) is 18.2 Å². The van der Waals surface area contributed by atoms with E-state index < -0.39 is 29.0 Å². The van der Waals surface area contributed by atoms with E-state index in [1.54, 1.807) is 6.07 Å². The molecule has 0 N–H and O–H groups in total. The highest BCUT2D eigenvalue weighted by molar-refractivity contribution is 5.96. The van der Waals surface area contributed by atoms with Crippen molar-refractivity contribution in [1.29, 1.82) is 0 Å². The third kappa shape index (κ3) is 5.28. The van der Waals surface area contributed by atoms with Gasteiger partial charge in [-0.2, -0.15) is 0 Å². The van der Waals surface area contributed by atoms with Crippen LogP contribution in [-0.2, 0) is 4.74 Å². The molecule has 0 spiro atoms. The molecule has 0 heterocycles. The van der Waals surface area contributed by atoms with E-state index >= 15 is 4.39 Å². The molecule has 0 saturated heterocycles. The van der Waals surface area contributed by atoms with Gasteiger partial charge < -0.3 is 4.74 Å². The first-order valence-electron chi connectivity index (χ1n) is 13.1. The maximum Gasteiger partial charge on any atom is 0.343 e. The average Bonchev–Trinajstić information content (AvgIpc) is 2.82. The Balaban J connectivity index is 1.44. The number of ether oxygens (including phenoxy) is 1. The molecule has 2 aliphatic carbocycles. The number of hydrogen-bond donors (Lipinski definition) is 0. The normalized spacial score (nSPS) is 24.7. The van der Waals surface area contributed by atoms with E-state index in [2.05, 4.69) is 11.7 Å². The number of benzene rings is 2. The first kappa shape index (κ1) is 25.1. The van der Waals surface area contributed by atoms with Crippen LogP contribution in [0, 0.1) is 35.2 Å². The number of carbonyl (C=O) groups excluding carboxylic acids is 1. The molecule has 186 valence electrons. The summed E-state index contributed by atoms with van der Waals surface area (Å²) in [6, 6.07) is 4.14. The van der Waals surface area contributed by atoms with Gasteiger partial charge in [0.2, 0.25) is 0 Å². The van der Waals surface area contributed by atoms with Crippen LogP contribution in [0.5, 0.6) is 0 Å². The van der Waals surface area contributed by atoms with Gasteiger partial charge >= 0.3 is 5.97 Å². The molecule has 2 fully saturated rings. The fraction of sp³-hybridized carbons (Fsp3) is 0.621. The number of rotatable bonds is 8. The zero-order chi connectivity index (χ0) is 24.2. The van der Waals surface area contributed by atoms with E-state index in [1.807, 2.05) is 0 Å². The van der Waals surface area contributed by atoms with Crippen molar-refractivity contribution in [3.05, 3.63) is 46.8 Å². The van der Waals surface area contributed by atoms with Gasteiger partial charge in [-0.15, -0.1) is 0 Å². The molecule has 2 aliphatic rings. The summed E-state index contributed by atoms with van der Waals surface area (Å²) in [7, 11) is 1.04. The van der Waals surface area contributed by atoms with Crippen molar-refractivity contribution in [2.24, 2.45) is 17.8 Å². The quantitative estimate of drug-likeness (QED) is 0.282. The molecule has 4 rings (SSSR count). The predicted molar refractivity (Wildman–Crippen MR) is 129 cm³/mol. The molecule has 2 saturated carbocycles. The van der Waals surface area contributed by atoms with Crippen LogP contribution in [-0.4, -0.2) is 13.1 Å². The third-order valence-electron chi connectivity index (χ3n) is 8.40. The largest absolute Gasteiger partial charge is 0.465 e. The van der Waals surface area contributed by atoms with Crippen molar-refractivity contribution in [3.8, 4) is 0 Å². The monoisotopic (exact) mass is 474 g/mol. The lowest BCUT2D eigenvalue weighted by atomic mass is 9.63. The summed E-state index contributed by atoms with van der Waals surface area (Å²) in [6.07, 6.45) is 15.1. The van der Waals surface area contributed by atoms with Crippen LogP contribution < -0.4 is 0 Å². The van der Waals surface area contributed by atoms with Gasteiger partial charge in [0.05, 0.1) is 12.5 Å². The fourth-order valence-electron chi connectivity index (χ4n) is 6.55. The number of fused-ring (bicyclic) bond motifs is 2. The standard InChI is InChI=1S/C29H37F3O2/c1-3-4-5-6-7-8-18-9-10-20-14-21(12-11-19(20)13-18)22-15-23-17-25(31)27(29(33)34-2)28(32)26(23)24(30)16-22/h15-21H,3-14H2,1-2H3/t18?,19-,20+,21?/m0/s1. The Bertz CT molecular complexity index is 1020. The van der Waals surface area contributed by atoms with Crippen molar-refractivity contribution in [2.45, 2.75) is 89.9 Å². The Labute approximate surface area is 201 Å². The summed E-state index contributed by atoms with van der Waals surface area (Å²) in [4.78, 5) is 11.8. The number of hydrogen-bond acceptors (Lipinski definition) is 2. The van der Waals surface area contributed by atoms with Gasteiger partial charge in [0.15, 0.2) is 5.82 Å². The average molecular weight is 475 g/mol. The van der Waals surface area contributed by atoms with Gasteiger partial charge in [-0.1, -0.05) is 57.9 Å². The molecule has 0 bridgehead atoms. The van der Waals surface area contributed by atoms with Crippen LogP contribution >= 0.6 is 0 Å². The van der Waals surface area contributed by atoms with E-state index in [-0.39, 0.29) is 16.7 Å². The molecule has 0 aromatic heterocycles. The number of esters is 1. The van der Waals surface area contributed by atoms with Crippen molar-refractivity contribution < 1.29 is 22.7 Å². The predicted octanol–water partition coefficient (Wildman–Crippen LogP) is 8.70. The lowest BCUT2D eigenvalue weighted by Gasteiger charge is -2.42. The van der Waals surface area contributed by atoms with Crippen molar-refractivity contribution in [2.75, 3.05) is 7.11 Å². The fourth-order valence-corrected chi connectivity index (χ4v) is 6.55. The lowest BCUT2D eigenvalue weighted by Crippen LogP contribution is -2.30. The molecule has 0 radical (unpaired) electrons. The lowest BCUT2D eigenvalue weighted by molar-refractivity contribution is 0.0590. The topological polar surface area (TPSA) is 26.3 Å². The molecule has 0 aliphatic heterocycles. The Kier molecular flexibility index (Phi) is 8.21. The smallest absolute Gasteiger partial charge is 0.343 e. The number of unbranched alkanes of at least 4 members (excludes halogenated alkanes) is 4. The summed E-state index contributed by atoms with van der Waals surface area (Å²) in [5, 5.41) is -0.190. The van der Waals surface area contributed by atoms with Crippen LogP contribution in [0.1, 0.15) is 106 Å². The van der Waals surface area contributed by atoms with Gasteiger partial charge in [-0.05, 0) is 78.9 Å². The summed E-state index contributed by atoms with van der Waals surface area (Å²) >= 11 is 0. The molecule has 5 heteroatoms. The highest BCUT2D eigenvalue weighted by atomic mass is 19.1. The van der Waals surface area contributed by atoms with Crippen molar-refractivity contribution in [1.82, 2.24) is 0 Å². The Morgan fingerprint density at radius 3 is 2.41 bits per heavy atom. The first-order valence-corrected chi connectivity index (χ1v) is 13.1. The van der Waals surface area contributed by atoms with E-state index in [4.69, 9.17) is 0 Å². The van der Waals surface area contributed by atoms with E-state index in [9.17, 15) is 13.6 Å². The minimum Gasteiger partial charge on any atom is -0.465 e. The highest BCUT2D eigenvalue weighted by Crippen LogP contribution is 2.49. The first-order chi connectivity index (χ1) is 16.4. The van der Waals surface area contributed by atoms with Gasteiger partial charge in [-0.3, -0.25) is 0 Å². The minimum atomic E-state index is -1.19. The van der Waals surface area contributed by atoms with Gasteiger partial charge in [0.25, 0.3) is 0 Å². The summed E-state index contributed by atoms with van der Waals surface area (Å²) < 4.78 is 48.8. The van der Waals surface area contributed by atoms with Gasteiger partial charge in [0.1, 0.15) is 17.2 Å². The summed E-state index contributed by atoms with van der Waals surface area (Å²) in [5.41, 5.74) is -0.0320. The Hall–Kier alpha value is -2.04. The zero-order valence-electron chi connectivity index (χ0n) is 20.5. The summed E-state index contributed by atoms with van der Waals surface area (Å²) in [6.45, 7) is 2.25. The number of carbonyl (C=O) groups is 1. The van der Waals surface area contributed by atoms with E-state index in [0.717, 1.165) is 49.8 Å². The van der Waals surface area contributed by atoms with Crippen LogP contribution in [0.25, 0.3) is 10.8 Å². The molecular formula is C29H37F3O2. The molecular weight excluding hydrogens is 437 g/mol. The van der Waals surface area contributed by atoms with Crippen molar-refractivity contribution in [3.63, 3.8) is 0 Å². The highest BCUT2D eigenvalue weighted by Gasteiger charge is 2.36. The van der Waals surface area contributed by atoms with E-state index in [0.29, 0.717) is 5.92 Å². The summed E-state index contributed by atoms with van der Waals surface area (Å²) in [5.74, 6) is -1.63. The van der Waals surface area contributed by atoms with Crippen LogP contribution in [0.3, 0.4) is 0 Å². The number of halogens is 3. The second kappa shape index (κ2) is 11.1. The molecule has 2 aromatic carbocycles. The molecule has 2 nitrogen and oxygen atoms in total. The Morgan fingerprint density at radius 1 is 0.912 bits per heavy atom. The third-order valence-corrected chi connectivity index (χ3v) is 8.40. The maximum atomic E-state index is 15.0. The molecule has 4 atom stereocenters. The molecule has 34 heavy (non-hydrogen) atoms. The molecule has 0 amide bonds. The number of methoxy groups -OCH3 is 1. The van der Waals surface area contributed by atoms with E-state index in [1.165, 1.54) is 63.9 Å². The zero-order valence-corrected chi connectivity index (χ0v) is 20.5. The van der Waals surface area contributed by atoms with Crippen molar-refractivity contribution >= 4 is 16.7 Å². The van der Waals surface area contributed by atoms with Crippen LogP contribution in [0.4, 0.5) is 13.2 Å². The van der Waals surface area contributed by atoms with Crippen LogP contribution in [0.2, 0.25) is 0 Å².